The lowest BCUT2D eigenvalue weighted by Crippen LogP contribution is -2.49. The van der Waals surface area contributed by atoms with Gasteiger partial charge in [0.15, 0.2) is 0 Å². The lowest BCUT2D eigenvalue weighted by molar-refractivity contribution is 0.0633. The van der Waals surface area contributed by atoms with Gasteiger partial charge in [-0.1, -0.05) is 12.1 Å². The highest BCUT2D eigenvalue weighted by Gasteiger charge is 2.24. The zero-order valence-electron chi connectivity index (χ0n) is 16.1. The van der Waals surface area contributed by atoms with Crippen LogP contribution in [0.5, 0.6) is 5.75 Å². The molecule has 1 aliphatic rings. The quantitative estimate of drug-likeness (QED) is 0.503. The maximum atomic E-state index is 12.8. The highest BCUT2D eigenvalue weighted by atomic mass is 79.9. The summed E-state index contributed by atoms with van der Waals surface area (Å²) in [6.45, 7) is 4.30. The zero-order chi connectivity index (χ0) is 20.2. The van der Waals surface area contributed by atoms with Crippen LogP contribution in [0.4, 0.5) is 0 Å². The van der Waals surface area contributed by atoms with Crippen molar-refractivity contribution in [2.45, 2.75) is 6.42 Å². The van der Waals surface area contributed by atoms with Crippen LogP contribution in [0.25, 0.3) is 9.88 Å². The number of thiazole rings is 1. The average molecular weight is 492 g/mol. The third kappa shape index (κ3) is 5.06. The molecule has 0 radical (unpaired) electrons. The van der Waals surface area contributed by atoms with Crippen LogP contribution in [0, 0.1) is 0 Å². The van der Waals surface area contributed by atoms with Crippen LogP contribution >= 0.6 is 38.6 Å². The van der Waals surface area contributed by atoms with Crippen molar-refractivity contribution >= 4 is 44.5 Å². The summed E-state index contributed by atoms with van der Waals surface area (Å²) < 4.78 is 6.26. The number of thiophene rings is 1. The molecule has 3 aromatic rings. The van der Waals surface area contributed by atoms with Gasteiger partial charge in [-0.3, -0.25) is 9.69 Å². The Morgan fingerprint density at radius 1 is 1.14 bits per heavy atom. The summed E-state index contributed by atoms with van der Waals surface area (Å²) in [4.78, 5) is 22.8. The molecule has 1 saturated heterocycles. The predicted octanol–water partition coefficient (Wildman–Crippen LogP) is 4.64. The lowest BCUT2D eigenvalue weighted by atomic mass is 10.1. The van der Waals surface area contributed by atoms with E-state index in [1.165, 1.54) is 16.9 Å². The fourth-order valence-electron chi connectivity index (χ4n) is 3.33. The molecule has 1 aliphatic heterocycles. The Morgan fingerprint density at radius 3 is 2.55 bits per heavy atom. The molecule has 3 heterocycles. The van der Waals surface area contributed by atoms with E-state index in [0.29, 0.717) is 5.69 Å². The maximum absolute atomic E-state index is 12.8. The molecule has 1 fully saturated rings. The highest BCUT2D eigenvalue weighted by Crippen LogP contribution is 2.32. The van der Waals surface area contributed by atoms with Gasteiger partial charge >= 0.3 is 0 Å². The van der Waals surface area contributed by atoms with Crippen molar-refractivity contribution in [1.29, 1.82) is 0 Å². The molecule has 29 heavy (non-hydrogen) atoms. The normalized spacial score (nSPS) is 14.9. The van der Waals surface area contributed by atoms with E-state index >= 15 is 0 Å². The number of hydrogen-bond acceptors (Lipinski definition) is 6. The second-order valence-electron chi connectivity index (χ2n) is 6.90. The van der Waals surface area contributed by atoms with E-state index in [1.54, 1.807) is 18.4 Å². The van der Waals surface area contributed by atoms with Crippen molar-refractivity contribution in [3.63, 3.8) is 0 Å². The Hall–Kier alpha value is -1.74. The number of carbonyl (C=O) groups excluding carboxylic acids is 1. The van der Waals surface area contributed by atoms with Gasteiger partial charge in [0, 0.05) is 48.0 Å². The van der Waals surface area contributed by atoms with Crippen LogP contribution in [0.15, 0.2) is 45.6 Å². The fourth-order valence-corrected chi connectivity index (χ4v) is 5.63. The molecule has 5 nitrogen and oxygen atoms in total. The minimum Gasteiger partial charge on any atom is -0.497 e. The van der Waals surface area contributed by atoms with Gasteiger partial charge in [0.2, 0.25) is 0 Å². The smallest absolute Gasteiger partial charge is 0.273 e. The van der Waals surface area contributed by atoms with Crippen molar-refractivity contribution in [1.82, 2.24) is 14.8 Å². The number of aromatic nitrogens is 1. The summed E-state index contributed by atoms with van der Waals surface area (Å²) in [5, 5.41) is 4.81. The van der Waals surface area contributed by atoms with E-state index < -0.39 is 0 Å². The van der Waals surface area contributed by atoms with Gasteiger partial charge in [0.1, 0.15) is 16.5 Å². The third-order valence-corrected chi connectivity index (χ3v) is 7.74. The third-order valence-electron chi connectivity index (χ3n) is 5.04. The second-order valence-corrected chi connectivity index (χ2v) is 9.58. The molecule has 1 amide bonds. The van der Waals surface area contributed by atoms with Crippen molar-refractivity contribution in [3.8, 4) is 15.6 Å². The number of halogens is 1. The van der Waals surface area contributed by atoms with Crippen LogP contribution in [0.1, 0.15) is 16.1 Å². The second kappa shape index (κ2) is 9.38. The molecule has 0 saturated carbocycles. The van der Waals surface area contributed by atoms with Crippen LogP contribution in [0.3, 0.4) is 0 Å². The first-order valence-corrected chi connectivity index (χ1v) is 12.0. The summed E-state index contributed by atoms with van der Waals surface area (Å²) in [5.74, 6) is 0.927. The summed E-state index contributed by atoms with van der Waals surface area (Å²) in [6.07, 6.45) is 1.00. The van der Waals surface area contributed by atoms with E-state index in [-0.39, 0.29) is 5.91 Å². The number of hydrogen-bond donors (Lipinski definition) is 0. The first-order valence-electron chi connectivity index (χ1n) is 9.47. The fraction of sp³-hybridized carbons (Fsp3) is 0.333. The molecular formula is C21H22BrN3O2S2. The van der Waals surface area contributed by atoms with Gasteiger partial charge in [-0.2, -0.15) is 0 Å². The SMILES string of the molecule is COc1ccc(CCN2CCN(C(=O)c3csc(-c4cc(Br)cs4)n3)CC2)cc1. The molecule has 0 aliphatic carbocycles. The Bertz CT molecular complexity index is 962. The molecule has 2 aromatic heterocycles. The molecule has 0 bridgehead atoms. The first kappa shape index (κ1) is 20.5. The van der Waals surface area contributed by atoms with E-state index in [1.807, 2.05) is 33.9 Å². The van der Waals surface area contributed by atoms with E-state index in [4.69, 9.17) is 4.74 Å². The average Bonchev–Trinajstić information content (AvgIpc) is 3.42. The van der Waals surface area contributed by atoms with Crippen molar-refractivity contribution in [2.75, 3.05) is 39.8 Å². The van der Waals surface area contributed by atoms with Crippen LogP contribution in [-0.2, 0) is 6.42 Å². The predicted molar refractivity (Wildman–Crippen MR) is 122 cm³/mol. The van der Waals surface area contributed by atoms with Gasteiger partial charge < -0.3 is 9.64 Å². The van der Waals surface area contributed by atoms with Crippen molar-refractivity contribution in [2.24, 2.45) is 0 Å². The van der Waals surface area contributed by atoms with E-state index in [2.05, 4.69) is 37.9 Å². The molecule has 8 heteroatoms. The number of amides is 1. The van der Waals surface area contributed by atoms with Gasteiger partial charge in [-0.15, -0.1) is 22.7 Å². The molecule has 4 rings (SSSR count). The highest BCUT2D eigenvalue weighted by molar-refractivity contribution is 9.10. The summed E-state index contributed by atoms with van der Waals surface area (Å²) in [6, 6.07) is 10.3. The van der Waals surface area contributed by atoms with Gasteiger partial charge in [-0.25, -0.2) is 4.98 Å². The molecule has 152 valence electrons. The molecule has 0 atom stereocenters. The maximum Gasteiger partial charge on any atom is 0.273 e. The van der Waals surface area contributed by atoms with E-state index in [0.717, 1.165) is 59.3 Å². The minimum atomic E-state index is 0.0397. The summed E-state index contributed by atoms with van der Waals surface area (Å²) in [5.41, 5.74) is 1.86. The largest absolute Gasteiger partial charge is 0.497 e. The number of methoxy groups -OCH3 is 1. The summed E-state index contributed by atoms with van der Waals surface area (Å²) in [7, 11) is 1.68. The lowest BCUT2D eigenvalue weighted by Gasteiger charge is -2.34. The standard InChI is InChI=1S/C21H22BrN3O2S2/c1-27-17-4-2-15(3-5-17)6-7-24-8-10-25(11-9-24)21(26)18-14-29-20(23-18)19-12-16(22)13-28-19/h2-5,12-14H,6-11H2,1H3. The Kier molecular flexibility index (Phi) is 6.64. The minimum absolute atomic E-state index is 0.0397. The number of piperazine rings is 1. The summed E-state index contributed by atoms with van der Waals surface area (Å²) >= 11 is 6.63. The monoisotopic (exact) mass is 491 g/mol. The van der Waals surface area contributed by atoms with Crippen molar-refractivity contribution in [3.05, 3.63) is 56.8 Å². The number of ether oxygens (including phenoxy) is 1. The van der Waals surface area contributed by atoms with Crippen LogP contribution in [-0.4, -0.2) is 60.5 Å². The molecule has 0 spiro atoms. The Morgan fingerprint density at radius 2 is 1.90 bits per heavy atom. The van der Waals surface area contributed by atoms with Crippen molar-refractivity contribution < 1.29 is 9.53 Å². The van der Waals surface area contributed by atoms with Crippen LogP contribution < -0.4 is 4.74 Å². The zero-order valence-corrected chi connectivity index (χ0v) is 19.4. The first-order chi connectivity index (χ1) is 14.1. The molecule has 0 N–H and O–H groups in total. The number of rotatable bonds is 6. The molecule has 1 aromatic carbocycles. The number of carbonyl (C=O) groups is 1. The number of nitrogens with zero attached hydrogens (tertiary/aromatic N) is 3. The molecular weight excluding hydrogens is 470 g/mol. The number of benzene rings is 1. The van der Waals surface area contributed by atoms with Gasteiger partial charge in [-0.05, 0) is 46.1 Å². The molecule has 0 unspecified atom stereocenters. The van der Waals surface area contributed by atoms with Gasteiger partial charge in [0.25, 0.3) is 5.91 Å². The van der Waals surface area contributed by atoms with Crippen LogP contribution in [0.2, 0.25) is 0 Å². The van der Waals surface area contributed by atoms with Gasteiger partial charge in [0.05, 0.1) is 12.0 Å². The Labute approximate surface area is 187 Å². The van der Waals surface area contributed by atoms with E-state index in [9.17, 15) is 4.79 Å². The topological polar surface area (TPSA) is 45.7 Å². The Balaban J connectivity index is 1.27.